The fourth-order valence-corrected chi connectivity index (χ4v) is 1.83. The molecule has 94 valence electrons. The maximum atomic E-state index is 13.6. The van der Waals surface area contributed by atoms with Crippen molar-refractivity contribution in [3.05, 3.63) is 34.6 Å². The summed E-state index contributed by atoms with van der Waals surface area (Å²) in [6.45, 7) is 5.50. The van der Waals surface area contributed by atoms with Gasteiger partial charge in [0.05, 0.1) is 5.92 Å². The number of hydrogen-bond acceptors (Lipinski definition) is 1. The topological polar surface area (TPSA) is 37.3 Å². The van der Waals surface area contributed by atoms with Gasteiger partial charge < -0.3 is 5.11 Å². The molecular weight excluding hydrogens is 243 g/mol. The molecular formula is C13H16ClFO2. The second-order valence-electron chi connectivity index (χ2n) is 5.20. The Morgan fingerprint density at radius 3 is 2.47 bits per heavy atom. The van der Waals surface area contributed by atoms with Crippen molar-refractivity contribution in [1.82, 2.24) is 0 Å². The third kappa shape index (κ3) is 3.70. The molecule has 0 heterocycles. The zero-order chi connectivity index (χ0) is 13.2. The molecule has 0 aliphatic carbocycles. The molecule has 0 saturated carbocycles. The van der Waals surface area contributed by atoms with Gasteiger partial charge in [-0.2, -0.15) is 0 Å². The molecule has 1 aromatic rings. The van der Waals surface area contributed by atoms with Crippen molar-refractivity contribution in [2.75, 3.05) is 0 Å². The van der Waals surface area contributed by atoms with Crippen LogP contribution < -0.4 is 0 Å². The first kappa shape index (κ1) is 14.0. The average Bonchev–Trinajstić information content (AvgIpc) is 2.13. The van der Waals surface area contributed by atoms with E-state index >= 15 is 0 Å². The van der Waals surface area contributed by atoms with E-state index in [1.807, 2.05) is 20.8 Å². The number of benzene rings is 1. The molecule has 1 N–H and O–H groups in total. The van der Waals surface area contributed by atoms with Crippen LogP contribution in [0.25, 0.3) is 0 Å². The number of aliphatic carboxylic acids is 1. The van der Waals surface area contributed by atoms with Crippen molar-refractivity contribution in [3.8, 4) is 0 Å². The second-order valence-corrected chi connectivity index (χ2v) is 5.63. The second kappa shape index (κ2) is 5.05. The summed E-state index contributed by atoms with van der Waals surface area (Å²) >= 11 is 5.65. The first-order valence-electron chi connectivity index (χ1n) is 5.38. The Morgan fingerprint density at radius 1 is 1.47 bits per heavy atom. The summed E-state index contributed by atoms with van der Waals surface area (Å²) in [7, 11) is 0. The highest BCUT2D eigenvalue weighted by molar-refractivity contribution is 6.30. The molecule has 0 amide bonds. The maximum absolute atomic E-state index is 13.6. The largest absolute Gasteiger partial charge is 0.481 e. The van der Waals surface area contributed by atoms with Gasteiger partial charge in [-0.3, -0.25) is 4.79 Å². The summed E-state index contributed by atoms with van der Waals surface area (Å²) in [4.78, 5) is 11.2. The van der Waals surface area contributed by atoms with E-state index in [2.05, 4.69) is 0 Å². The normalized spacial score (nSPS) is 13.5. The molecule has 0 aromatic heterocycles. The number of carboxylic acids is 1. The van der Waals surface area contributed by atoms with E-state index in [4.69, 9.17) is 16.7 Å². The fraction of sp³-hybridized carbons (Fsp3) is 0.462. The molecule has 17 heavy (non-hydrogen) atoms. The Bertz CT molecular complexity index is 424. The van der Waals surface area contributed by atoms with Crippen LogP contribution in [-0.4, -0.2) is 11.1 Å². The summed E-state index contributed by atoms with van der Waals surface area (Å²) in [5.41, 5.74) is -0.0329. The van der Waals surface area contributed by atoms with Gasteiger partial charge in [-0.15, -0.1) is 0 Å². The molecule has 0 aliphatic rings. The molecule has 1 rings (SSSR count). The lowest BCUT2D eigenvalue weighted by atomic mass is 9.77. The maximum Gasteiger partial charge on any atom is 0.307 e. The molecule has 0 aliphatic heterocycles. The van der Waals surface area contributed by atoms with Crippen LogP contribution in [0.2, 0.25) is 5.02 Å². The van der Waals surface area contributed by atoms with E-state index in [1.165, 1.54) is 6.07 Å². The van der Waals surface area contributed by atoms with E-state index in [0.29, 0.717) is 10.6 Å². The molecule has 1 aromatic carbocycles. The Balaban J connectivity index is 2.98. The van der Waals surface area contributed by atoms with Crippen LogP contribution in [0.4, 0.5) is 4.39 Å². The number of carboxylic acid groups (broad SMARTS) is 1. The van der Waals surface area contributed by atoms with Crippen LogP contribution in [0.3, 0.4) is 0 Å². The number of rotatable bonds is 3. The van der Waals surface area contributed by atoms with Gasteiger partial charge in [0.1, 0.15) is 5.82 Å². The number of hydrogen-bond donors (Lipinski definition) is 1. The van der Waals surface area contributed by atoms with Gasteiger partial charge in [-0.25, -0.2) is 4.39 Å². The van der Waals surface area contributed by atoms with Gasteiger partial charge in [0.2, 0.25) is 0 Å². The molecule has 1 unspecified atom stereocenters. The third-order valence-corrected chi connectivity index (χ3v) is 3.02. The van der Waals surface area contributed by atoms with Crippen LogP contribution in [0, 0.1) is 17.2 Å². The van der Waals surface area contributed by atoms with Gasteiger partial charge in [0.15, 0.2) is 0 Å². The minimum atomic E-state index is -0.910. The lowest BCUT2D eigenvalue weighted by Crippen LogP contribution is -2.30. The molecule has 2 nitrogen and oxygen atoms in total. The standard InChI is InChI=1S/C13H16ClFO2/c1-13(2,3)10(12(16)17)6-8-4-5-9(14)7-11(8)15/h4-5,7,10H,6H2,1-3H3,(H,16,17). The summed E-state index contributed by atoms with van der Waals surface area (Å²) in [5.74, 6) is -1.99. The molecule has 0 fully saturated rings. The molecule has 0 saturated heterocycles. The number of carbonyl (C=O) groups is 1. The van der Waals surface area contributed by atoms with E-state index in [-0.39, 0.29) is 6.42 Å². The highest BCUT2D eigenvalue weighted by atomic mass is 35.5. The minimum absolute atomic E-state index is 0.168. The quantitative estimate of drug-likeness (QED) is 0.896. The van der Waals surface area contributed by atoms with E-state index in [1.54, 1.807) is 12.1 Å². The predicted molar refractivity (Wildman–Crippen MR) is 65.7 cm³/mol. The average molecular weight is 259 g/mol. The predicted octanol–water partition coefficient (Wildman–Crippen LogP) is 3.77. The summed E-state index contributed by atoms with van der Waals surface area (Å²) < 4.78 is 13.6. The van der Waals surface area contributed by atoms with Gasteiger partial charge in [0, 0.05) is 5.02 Å². The molecule has 0 radical (unpaired) electrons. The van der Waals surface area contributed by atoms with Gasteiger partial charge in [0.25, 0.3) is 0 Å². The van der Waals surface area contributed by atoms with Crippen molar-refractivity contribution < 1.29 is 14.3 Å². The van der Waals surface area contributed by atoms with Crippen molar-refractivity contribution in [1.29, 1.82) is 0 Å². The van der Waals surface area contributed by atoms with Gasteiger partial charge in [-0.05, 0) is 29.5 Å². The molecule has 0 bridgehead atoms. The SMILES string of the molecule is CC(C)(C)C(Cc1ccc(Cl)cc1F)C(=O)O. The van der Waals surface area contributed by atoms with E-state index in [0.717, 1.165) is 0 Å². The third-order valence-electron chi connectivity index (χ3n) is 2.78. The highest BCUT2D eigenvalue weighted by Gasteiger charge is 2.31. The zero-order valence-corrected chi connectivity index (χ0v) is 10.9. The highest BCUT2D eigenvalue weighted by Crippen LogP contribution is 2.30. The Kier molecular flexibility index (Phi) is 4.15. The lowest BCUT2D eigenvalue weighted by molar-refractivity contribution is -0.145. The van der Waals surface area contributed by atoms with Crippen molar-refractivity contribution in [2.45, 2.75) is 27.2 Å². The lowest BCUT2D eigenvalue weighted by Gasteiger charge is -2.27. The van der Waals surface area contributed by atoms with Crippen molar-refractivity contribution >= 4 is 17.6 Å². The smallest absolute Gasteiger partial charge is 0.307 e. The van der Waals surface area contributed by atoms with Gasteiger partial charge >= 0.3 is 5.97 Å². The molecule has 1 atom stereocenters. The first-order chi connectivity index (χ1) is 7.71. The Hall–Kier alpha value is -1.09. The first-order valence-corrected chi connectivity index (χ1v) is 5.76. The summed E-state index contributed by atoms with van der Waals surface area (Å²) in [5, 5.41) is 9.48. The minimum Gasteiger partial charge on any atom is -0.481 e. The monoisotopic (exact) mass is 258 g/mol. The number of halogens is 2. The van der Waals surface area contributed by atoms with Gasteiger partial charge in [-0.1, -0.05) is 38.4 Å². The molecule has 0 spiro atoms. The van der Waals surface area contributed by atoms with Crippen LogP contribution in [0.15, 0.2) is 18.2 Å². The van der Waals surface area contributed by atoms with Crippen molar-refractivity contribution in [3.63, 3.8) is 0 Å². The van der Waals surface area contributed by atoms with Crippen LogP contribution >= 0.6 is 11.6 Å². The van der Waals surface area contributed by atoms with E-state index < -0.39 is 23.1 Å². The summed E-state index contributed by atoms with van der Waals surface area (Å²) in [6, 6.07) is 4.32. The van der Waals surface area contributed by atoms with E-state index in [9.17, 15) is 9.18 Å². The van der Waals surface area contributed by atoms with Crippen LogP contribution in [0.1, 0.15) is 26.3 Å². The Labute approximate surface area is 105 Å². The fourth-order valence-electron chi connectivity index (χ4n) is 1.67. The van der Waals surface area contributed by atoms with Crippen LogP contribution in [0.5, 0.6) is 0 Å². The zero-order valence-electron chi connectivity index (χ0n) is 10.1. The summed E-state index contributed by atoms with van der Waals surface area (Å²) in [6.07, 6.45) is 0.168. The Morgan fingerprint density at radius 2 is 2.06 bits per heavy atom. The van der Waals surface area contributed by atoms with Crippen LogP contribution in [-0.2, 0) is 11.2 Å². The van der Waals surface area contributed by atoms with Crippen molar-refractivity contribution in [2.24, 2.45) is 11.3 Å². The molecule has 4 heteroatoms.